The molecule has 5 heteroatoms. The van der Waals surface area contributed by atoms with Crippen LogP contribution in [0.2, 0.25) is 0 Å². The van der Waals surface area contributed by atoms with E-state index in [1.165, 1.54) is 0 Å². The minimum atomic E-state index is -0.361. The predicted octanol–water partition coefficient (Wildman–Crippen LogP) is 3.77. The second-order valence-electron chi connectivity index (χ2n) is 4.95. The van der Waals surface area contributed by atoms with Gasteiger partial charge in [-0.25, -0.2) is 0 Å². The van der Waals surface area contributed by atoms with Crippen molar-refractivity contribution in [2.75, 3.05) is 5.32 Å². The average Bonchev–Trinajstić information content (AvgIpc) is 2.73. The summed E-state index contributed by atoms with van der Waals surface area (Å²) in [5, 5.41) is 7.23. The Hall–Kier alpha value is -1.62. The first-order valence-corrected chi connectivity index (χ1v) is 7.27. The van der Waals surface area contributed by atoms with E-state index in [1.54, 1.807) is 10.9 Å². The van der Waals surface area contributed by atoms with E-state index in [0.717, 1.165) is 27.0 Å². The number of nitrogens with zero attached hydrogens (tertiary/aromatic N) is 2. The number of para-hydroxylation sites is 1. The van der Waals surface area contributed by atoms with Gasteiger partial charge in [-0.3, -0.25) is 9.48 Å². The van der Waals surface area contributed by atoms with Crippen LogP contribution in [0.3, 0.4) is 0 Å². The molecule has 1 heterocycles. The molecule has 0 saturated carbocycles. The fraction of sp³-hybridized carbons (Fsp3) is 0.333. The summed E-state index contributed by atoms with van der Waals surface area (Å²) in [6, 6.07) is 5.60. The van der Waals surface area contributed by atoms with Crippen LogP contribution in [0.25, 0.3) is 0 Å². The summed E-state index contributed by atoms with van der Waals surface area (Å²) in [7, 11) is 0. The number of anilines is 1. The molecule has 1 amide bonds. The SMILES string of the molecule is Cc1cccc(C)c1NC(=O)C(C)n1ncc(Br)c1C. The number of halogens is 1. The number of carbonyl (C=O) groups is 1. The molecule has 0 fully saturated rings. The molecular weight excluding hydrogens is 318 g/mol. The topological polar surface area (TPSA) is 46.9 Å². The highest BCUT2D eigenvalue weighted by molar-refractivity contribution is 9.10. The zero-order chi connectivity index (χ0) is 14.9. The van der Waals surface area contributed by atoms with E-state index < -0.39 is 0 Å². The summed E-state index contributed by atoms with van der Waals surface area (Å²) in [6.07, 6.45) is 1.71. The molecule has 0 saturated heterocycles. The van der Waals surface area contributed by atoms with Crippen molar-refractivity contribution < 1.29 is 4.79 Å². The molecule has 4 nitrogen and oxygen atoms in total. The lowest BCUT2D eigenvalue weighted by atomic mass is 10.1. The van der Waals surface area contributed by atoms with Crippen LogP contribution in [0.15, 0.2) is 28.9 Å². The molecule has 0 radical (unpaired) electrons. The van der Waals surface area contributed by atoms with Crippen molar-refractivity contribution in [1.29, 1.82) is 0 Å². The second-order valence-corrected chi connectivity index (χ2v) is 5.81. The number of aryl methyl sites for hydroxylation is 2. The van der Waals surface area contributed by atoms with Crippen molar-refractivity contribution in [1.82, 2.24) is 9.78 Å². The first-order chi connectivity index (χ1) is 9.41. The highest BCUT2D eigenvalue weighted by Gasteiger charge is 2.19. The zero-order valence-electron chi connectivity index (χ0n) is 12.1. The normalized spacial score (nSPS) is 12.2. The molecule has 2 rings (SSSR count). The van der Waals surface area contributed by atoms with Gasteiger partial charge in [0, 0.05) is 5.69 Å². The highest BCUT2D eigenvalue weighted by Crippen LogP contribution is 2.23. The van der Waals surface area contributed by atoms with Gasteiger partial charge in [-0.15, -0.1) is 0 Å². The summed E-state index contributed by atoms with van der Waals surface area (Å²) >= 11 is 3.41. The minimum Gasteiger partial charge on any atom is -0.324 e. The summed E-state index contributed by atoms with van der Waals surface area (Å²) in [6.45, 7) is 7.75. The van der Waals surface area contributed by atoms with Crippen molar-refractivity contribution in [3.63, 3.8) is 0 Å². The van der Waals surface area contributed by atoms with Gasteiger partial charge < -0.3 is 5.32 Å². The number of hydrogen-bond acceptors (Lipinski definition) is 2. The van der Waals surface area contributed by atoms with Crippen LogP contribution in [0.5, 0.6) is 0 Å². The van der Waals surface area contributed by atoms with E-state index in [0.29, 0.717) is 0 Å². The Bertz CT molecular complexity index is 628. The first-order valence-electron chi connectivity index (χ1n) is 6.48. The summed E-state index contributed by atoms with van der Waals surface area (Å²) < 4.78 is 2.62. The summed E-state index contributed by atoms with van der Waals surface area (Å²) in [5.74, 6) is -0.0684. The average molecular weight is 336 g/mol. The Labute approximate surface area is 127 Å². The Morgan fingerprint density at radius 3 is 2.40 bits per heavy atom. The summed E-state index contributed by atoms with van der Waals surface area (Å²) in [4.78, 5) is 12.4. The minimum absolute atomic E-state index is 0.0684. The lowest BCUT2D eigenvalue weighted by molar-refractivity contribution is -0.119. The van der Waals surface area contributed by atoms with E-state index in [2.05, 4.69) is 26.3 Å². The van der Waals surface area contributed by atoms with Crippen LogP contribution in [0.1, 0.15) is 29.8 Å². The van der Waals surface area contributed by atoms with Gasteiger partial charge in [0.2, 0.25) is 5.91 Å². The monoisotopic (exact) mass is 335 g/mol. The fourth-order valence-corrected chi connectivity index (χ4v) is 2.42. The number of carbonyl (C=O) groups excluding carboxylic acids is 1. The van der Waals surface area contributed by atoms with E-state index in [4.69, 9.17) is 0 Å². The van der Waals surface area contributed by atoms with Crippen molar-refractivity contribution in [2.45, 2.75) is 33.7 Å². The van der Waals surface area contributed by atoms with E-state index in [9.17, 15) is 4.79 Å². The fourth-order valence-electron chi connectivity index (χ4n) is 2.14. The van der Waals surface area contributed by atoms with Crippen LogP contribution in [-0.2, 0) is 4.79 Å². The number of aromatic nitrogens is 2. The molecule has 0 aliphatic rings. The predicted molar refractivity (Wildman–Crippen MR) is 83.9 cm³/mol. The number of amides is 1. The van der Waals surface area contributed by atoms with Crippen molar-refractivity contribution in [2.24, 2.45) is 0 Å². The highest BCUT2D eigenvalue weighted by atomic mass is 79.9. The maximum Gasteiger partial charge on any atom is 0.248 e. The largest absolute Gasteiger partial charge is 0.324 e. The van der Waals surface area contributed by atoms with Crippen LogP contribution in [0, 0.1) is 20.8 Å². The summed E-state index contributed by atoms with van der Waals surface area (Å²) in [5.41, 5.74) is 3.94. The van der Waals surface area contributed by atoms with Gasteiger partial charge >= 0.3 is 0 Å². The molecule has 0 aliphatic heterocycles. The molecule has 106 valence electrons. The molecule has 20 heavy (non-hydrogen) atoms. The van der Waals surface area contributed by atoms with Gasteiger partial charge in [0.15, 0.2) is 0 Å². The van der Waals surface area contributed by atoms with Crippen LogP contribution >= 0.6 is 15.9 Å². The van der Waals surface area contributed by atoms with Crippen LogP contribution < -0.4 is 5.32 Å². The molecule has 1 atom stereocenters. The molecule has 0 aliphatic carbocycles. The number of hydrogen-bond donors (Lipinski definition) is 1. The van der Waals surface area contributed by atoms with Crippen molar-refractivity contribution >= 4 is 27.5 Å². The number of rotatable bonds is 3. The van der Waals surface area contributed by atoms with E-state index in [-0.39, 0.29) is 11.9 Å². The van der Waals surface area contributed by atoms with Crippen LogP contribution in [0.4, 0.5) is 5.69 Å². The van der Waals surface area contributed by atoms with Gasteiger partial charge in [0.25, 0.3) is 0 Å². The Kier molecular flexibility index (Phi) is 4.28. The van der Waals surface area contributed by atoms with Gasteiger partial charge in [-0.05, 0) is 54.8 Å². The zero-order valence-corrected chi connectivity index (χ0v) is 13.7. The maximum absolute atomic E-state index is 12.4. The molecule has 1 unspecified atom stereocenters. The standard InChI is InChI=1S/C15H18BrN3O/c1-9-6-5-7-10(2)14(9)18-15(20)12(4)19-11(3)13(16)8-17-19/h5-8,12H,1-4H3,(H,18,20). The van der Waals surface area contributed by atoms with Crippen molar-refractivity contribution in [3.8, 4) is 0 Å². The third kappa shape index (κ3) is 2.77. The van der Waals surface area contributed by atoms with Gasteiger partial charge in [-0.1, -0.05) is 18.2 Å². The molecule has 1 aromatic carbocycles. The lowest BCUT2D eigenvalue weighted by Crippen LogP contribution is -2.25. The molecule has 0 spiro atoms. The molecule has 2 aromatic rings. The Morgan fingerprint density at radius 1 is 1.30 bits per heavy atom. The maximum atomic E-state index is 12.4. The Morgan fingerprint density at radius 2 is 1.90 bits per heavy atom. The third-order valence-corrected chi connectivity index (χ3v) is 4.24. The third-order valence-electron chi connectivity index (χ3n) is 3.46. The van der Waals surface area contributed by atoms with E-state index >= 15 is 0 Å². The first kappa shape index (κ1) is 14.8. The molecular formula is C15H18BrN3O. The smallest absolute Gasteiger partial charge is 0.248 e. The number of nitrogens with one attached hydrogen (secondary N) is 1. The van der Waals surface area contributed by atoms with Gasteiger partial charge in [0.1, 0.15) is 6.04 Å². The molecule has 1 aromatic heterocycles. The lowest BCUT2D eigenvalue weighted by Gasteiger charge is -2.17. The second kappa shape index (κ2) is 5.79. The quantitative estimate of drug-likeness (QED) is 0.927. The number of benzene rings is 1. The molecule has 1 N–H and O–H groups in total. The van der Waals surface area contributed by atoms with Gasteiger partial charge in [-0.2, -0.15) is 5.10 Å². The van der Waals surface area contributed by atoms with Crippen LogP contribution in [-0.4, -0.2) is 15.7 Å². The Balaban J connectivity index is 2.22. The van der Waals surface area contributed by atoms with Crippen molar-refractivity contribution in [3.05, 3.63) is 45.7 Å². The van der Waals surface area contributed by atoms with Gasteiger partial charge in [0.05, 0.1) is 16.4 Å². The van der Waals surface area contributed by atoms with E-state index in [1.807, 2.05) is 45.9 Å². The molecule has 0 bridgehead atoms.